The van der Waals surface area contributed by atoms with Crippen molar-refractivity contribution in [2.24, 2.45) is 0 Å². The van der Waals surface area contributed by atoms with E-state index in [9.17, 15) is 9.59 Å². The Bertz CT molecular complexity index is 587. The summed E-state index contributed by atoms with van der Waals surface area (Å²) in [6.07, 6.45) is 5.25. The van der Waals surface area contributed by atoms with E-state index in [2.05, 4.69) is 4.98 Å². The molecular weight excluding hydrogens is 296 g/mol. The molecule has 1 amide bonds. The molecule has 2 rings (SSSR count). The lowest BCUT2D eigenvalue weighted by atomic mass is 10.2. The average Bonchev–Trinajstić information content (AvgIpc) is 2.68. The fourth-order valence-corrected chi connectivity index (χ4v) is 3.18. The Morgan fingerprint density at radius 2 is 2.20 bits per heavy atom. The van der Waals surface area contributed by atoms with Crippen LogP contribution < -0.4 is 0 Å². The van der Waals surface area contributed by atoms with E-state index in [1.807, 2.05) is 0 Å². The van der Waals surface area contributed by atoms with E-state index in [-0.39, 0.29) is 10.2 Å². The average molecular weight is 308 g/mol. The number of thiocarbonyl (C=S) groups is 1. The van der Waals surface area contributed by atoms with Crippen molar-refractivity contribution in [2.45, 2.75) is 19.4 Å². The van der Waals surface area contributed by atoms with Gasteiger partial charge in [-0.15, -0.1) is 0 Å². The van der Waals surface area contributed by atoms with Gasteiger partial charge in [0.15, 0.2) is 0 Å². The van der Waals surface area contributed by atoms with Crippen molar-refractivity contribution in [1.82, 2.24) is 9.88 Å². The lowest BCUT2D eigenvalue weighted by molar-refractivity contribution is -0.145. The first kappa shape index (κ1) is 14.7. The number of amides is 1. The number of carbonyl (C=O) groups excluding carboxylic acids is 1. The molecule has 1 N–H and O–H groups in total. The fourth-order valence-electron chi connectivity index (χ4n) is 1.83. The van der Waals surface area contributed by atoms with Crippen LogP contribution in [0.5, 0.6) is 0 Å². The number of carbonyl (C=O) groups is 2. The third-order valence-electron chi connectivity index (χ3n) is 2.81. The number of aliphatic carboxylic acids is 1. The number of hydrogen-bond acceptors (Lipinski definition) is 5. The molecule has 0 aromatic carbocycles. The molecule has 1 aromatic heterocycles. The molecule has 0 bridgehead atoms. The second-order valence-corrected chi connectivity index (χ2v) is 5.77. The van der Waals surface area contributed by atoms with E-state index in [0.29, 0.717) is 11.3 Å². The molecule has 5 nitrogen and oxygen atoms in total. The van der Waals surface area contributed by atoms with Crippen LogP contribution >= 0.6 is 24.0 Å². The molecule has 2 heterocycles. The van der Waals surface area contributed by atoms with Gasteiger partial charge in [-0.2, -0.15) is 0 Å². The van der Waals surface area contributed by atoms with Crippen LogP contribution in [0.15, 0.2) is 29.4 Å². The third kappa shape index (κ3) is 2.88. The monoisotopic (exact) mass is 308 g/mol. The topological polar surface area (TPSA) is 70.5 Å². The summed E-state index contributed by atoms with van der Waals surface area (Å²) in [6, 6.07) is 2.62. The highest BCUT2D eigenvalue weighted by Gasteiger charge is 2.39. The summed E-state index contributed by atoms with van der Waals surface area (Å²) in [5.74, 6) is -1.40. The Morgan fingerprint density at radius 3 is 2.75 bits per heavy atom. The Hall–Kier alpha value is -1.73. The third-order valence-corrected chi connectivity index (χ3v) is 4.14. The molecule has 1 unspecified atom stereocenters. The lowest BCUT2D eigenvalue weighted by Gasteiger charge is -2.21. The number of carboxylic acid groups (broad SMARTS) is 1. The van der Waals surface area contributed by atoms with Gasteiger partial charge in [-0.3, -0.25) is 14.7 Å². The van der Waals surface area contributed by atoms with Gasteiger partial charge in [-0.1, -0.05) is 30.9 Å². The van der Waals surface area contributed by atoms with Gasteiger partial charge >= 0.3 is 5.97 Å². The van der Waals surface area contributed by atoms with Gasteiger partial charge in [0, 0.05) is 12.4 Å². The van der Waals surface area contributed by atoms with Crippen molar-refractivity contribution in [1.29, 1.82) is 0 Å². The minimum absolute atomic E-state index is 0.282. The number of aromatic nitrogens is 1. The Morgan fingerprint density at radius 1 is 1.55 bits per heavy atom. The largest absolute Gasteiger partial charge is 0.480 e. The van der Waals surface area contributed by atoms with E-state index in [0.717, 1.165) is 17.3 Å². The minimum atomic E-state index is -1.05. The molecule has 1 atom stereocenters. The number of nitrogens with zero attached hydrogens (tertiary/aromatic N) is 2. The van der Waals surface area contributed by atoms with Gasteiger partial charge in [-0.25, -0.2) is 4.79 Å². The van der Waals surface area contributed by atoms with E-state index in [4.69, 9.17) is 17.3 Å². The van der Waals surface area contributed by atoms with Crippen LogP contribution in [0.25, 0.3) is 6.08 Å². The molecule has 1 aliphatic rings. The first-order valence-electron chi connectivity index (χ1n) is 5.94. The summed E-state index contributed by atoms with van der Waals surface area (Å²) in [6.45, 7) is 1.71. The SMILES string of the molecule is CCC(C(=O)O)N1C(=O)C(=Cc2ccncc2)SC1=S. The molecule has 104 valence electrons. The van der Waals surface area contributed by atoms with Crippen molar-refractivity contribution in [3.63, 3.8) is 0 Å². The van der Waals surface area contributed by atoms with E-state index >= 15 is 0 Å². The molecule has 0 radical (unpaired) electrons. The number of thioether (sulfide) groups is 1. The highest BCUT2D eigenvalue weighted by molar-refractivity contribution is 8.26. The van der Waals surface area contributed by atoms with Crippen LogP contribution in [-0.2, 0) is 9.59 Å². The number of carboxylic acids is 1. The second-order valence-electron chi connectivity index (χ2n) is 4.09. The smallest absolute Gasteiger partial charge is 0.326 e. The van der Waals surface area contributed by atoms with Crippen molar-refractivity contribution in [3.05, 3.63) is 35.0 Å². The predicted molar refractivity (Wildman–Crippen MR) is 81.0 cm³/mol. The molecule has 1 aliphatic heterocycles. The maximum absolute atomic E-state index is 12.3. The van der Waals surface area contributed by atoms with Gasteiger partial charge in [0.1, 0.15) is 10.4 Å². The zero-order chi connectivity index (χ0) is 14.7. The molecule has 0 spiro atoms. The second kappa shape index (κ2) is 6.15. The minimum Gasteiger partial charge on any atom is -0.480 e. The standard InChI is InChI=1S/C13H12N2O3S2/c1-2-9(12(17)18)15-11(16)10(20-13(15)19)7-8-3-5-14-6-4-8/h3-7,9H,2H2,1H3,(H,17,18). The Labute approximate surface area is 125 Å². The Balaban J connectivity index is 2.29. The fraction of sp³-hybridized carbons (Fsp3) is 0.231. The van der Waals surface area contributed by atoms with Crippen LogP contribution in [0.3, 0.4) is 0 Å². The van der Waals surface area contributed by atoms with Crippen molar-refractivity contribution >= 4 is 46.3 Å². The highest BCUT2D eigenvalue weighted by Crippen LogP contribution is 2.34. The number of rotatable bonds is 4. The maximum Gasteiger partial charge on any atom is 0.326 e. The van der Waals surface area contributed by atoms with Crippen LogP contribution in [0.4, 0.5) is 0 Å². The molecular formula is C13H12N2O3S2. The normalized spacial score (nSPS) is 18.6. The van der Waals surface area contributed by atoms with Gasteiger partial charge in [-0.05, 0) is 30.2 Å². The summed E-state index contributed by atoms with van der Waals surface area (Å²) < 4.78 is 0.282. The van der Waals surface area contributed by atoms with Crippen LogP contribution in [-0.4, -0.2) is 37.2 Å². The van der Waals surface area contributed by atoms with E-state index in [1.165, 1.54) is 4.90 Å². The Kier molecular flexibility index (Phi) is 4.51. The van der Waals surface area contributed by atoms with Crippen molar-refractivity contribution in [2.75, 3.05) is 0 Å². The summed E-state index contributed by atoms with van der Waals surface area (Å²) in [7, 11) is 0. The van der Waals surface area contributed by atoms with Gasteiger partial charge in [0.25, 0.3) is 5.91 Å². The highest BCUT2D eigenvalue weighted by atomic mass is 32.2. The number of pyridine rings is 1. The van der Waals surface area contributed by atoms with Crippen molar-refractivity contribution < 1.29 is 14.7 Å². The van der Waals surface area contributed by atoms with E-state index in [1.54, 1.807) is 37.5 Å². The molecule has 1 aromatic rings. The van der Waals surface area contributed by atoms with Gasteiger partial charge < -0.3 is 5.11 Å². The molecule has 20 heavy (non-hydrogen) atoms. The summed E-state index contributed by atoms with van der Waals surface area (Å²) >= 11 is 6.25. The maximum atomic E-state index is 12.3. The first-order chi connectivity index (χ1) is 9.54. The molecule has 0 aliphatic carbocycles. The van der Waals surface area contributed by atoms with Gasteiger partial charge in [0.2, 0.25) is 0 Å². The van der Waals surface area contributed by atoms with Crippen LogP contribution in [0.1, 0.15) is 18.9 Å². The summed E-state index contributed by atoms with van der Waals surface area (Å²) in [5, 5.41) is 9.15. The molecule has 7 heteroatoms. The zero-order valence-electron chi connectivity index (χ0n) is 10.6. The molecule has 0 saturated carbocycles. The van der Waals surface area contributed by atoms with Crippen LogP contribution in [0, 0.1) is 0 Å². The summed E-state index contributed by atoms with van der Waals surface area (Å²) in [5.41, 5.74) is 0.823. The van der Waals surface area contributed by atoms with E-state index < -0.39 is 12.0 Å². The van der Waals surface area contributed by atoms with Gasteiger partial charge in [0.05, 0.1) is 4.91 Å². The molecule has 1 fully saturated rings. The zero-order valence-corrected chi connectivity index (χ0v) is 12.3. The quantitative estimate of drug-likeness (QED) is 0.679. The summed E-state index contributed by atoms with van der Waals surface area (Å²) in [4.78, 5) is 29.0. The van der Waals surface area contributed by atoms with Crippen molar-refractivity contribution in [3.8, 4) is 0 Å². The first-order valence-corrected chi connectivity index (χ1v) is 7.17. The lowest BCUT2D eigenvalue weighted by Crippen LogP contribution is -2.43. The van der Waals surface area contributed by atoms with Crippen LogP contribution in [0.2, 0.25) is 0 Å². The molecule has 1 saturated heterocycles. The predicted octanol–water partition coefficient (Wildman–Crippen LogP) is 2.15. The number of hydrogen-bond donors (Lipinski definition) is 1.